The standard InChI is InChI=1S/C10H7ClINO2S2/c11-7-3-4-9(8(12)6-7)13-17(14,15)10-2-1-5-16-10/h1-6,13H. The zero-order chi connectivity index (χ0) is 12.5. The van der Waals surface area contributed by atoms with E-state index in [4.69, 9.17) is 11.6 Å². The van der Waals surface area contributed by atoms with Gasteiger partial charge in [0.2, 0.25) is 0 Å². The molecule has 0 bridgehead atoms. The summed E-state index contributed by atoms with van der Waals surface area (Å²) >= 11 is 9.02. The second-order valence-electron chi connectivity index (χ2n) is 3.16. The SMILES string of the molecule is O=S(=O)(Nc1ccc(Cl)cc1I)c1cccs1. The quantitative estimate of drug-likeness (QED) is 0.798. The highest BCUT2D eigenvalue weighted by molar-refractivity contribution is 14.1. The first-order valence-electron chi connectivity index (χ1n) is 4.50. The molecule has 1 heterocycles. The summed E-state index contributed by atoms with van der Waals surface area (Å²) in [6, 6.07) is 8.27. The monoisotopic (exact) mass is 399 g/mol. The van der Waals surface area contributed by atoms with Gasteiger partial charge in [0.15, 0.2) is 0 Å². The molecule has 0 unspecified atom stereocenters. The van der Waals surface area contributed by atoms with Crippen molar-refractivity contribution < 1.29 is 8.42 Å². The molecule has 0 radical (unpaired) electrons. The fourth-order valence-corrected chi connectivity index (χ4v) is 4.45. The smallest absolute Gasteiger partial charge is 0.271 e. The molecule has 1 aromatic carbocycles. The van der Waals surface area contributed by atoms with Gasteiger partial charge in [-0.15, -0.1) is 11.3 Å². The van der Waals surface area contributed by atoms with E-state index in [0.717, 1.165) is 3.57 Å². The first-order chi connectivity index (χ1) is 7.99. The molecule has 90 valence electrons. The zero-order valence-corrected chi connectivity index (χ0v) is 12.9. The number of hydrogen-bond donors (Lipinski definition) is 1. The predicted molar refractivity (Wildman–Crippen MR) is 79.3 cm³/mol. The molecular formula is C10H7ClINO2S2. The first-order valence-corrected chi connectivity index (χ1v) is 8.32. The van der Waals surface area contributed by atoms with Crippen LogP contribution in [0.15, 0.2) is 39.9 Å². The lowest BCUT2D eigenvalue weighted by Gasteiger charge is -2.08. The number of thiophene rings is 1. The Morgan fingerprint density at radius 3 is 2.65 bits per heavy atom. The van der Waals surface area contributed by atoms with Crippen molar-refractivity contribution in [3.63, 3.8) is 0 Å². The topological polar surface area (TPSA) is 46.2 Å². The van der Waals surface area contributed by atoms with Crippen LogP contribution < -0.4 is 4.72 Å². The summed E-state index contributed by atoms with van der Waals surface area (Å²) in [6.07, 6.45) is 0. The van der Waals surface area contributed by atoms with Crippen molar-refractivity contribution in [1.29, 1.82) is 0 Å². The maximum absolute atomic E-state index is 12.0. The molecule has 1 aromatic heterocycles. The van der Waals surface area contributed by atoms with Gasteiger partial charge >= 0.3 is 0 Å². The van der Waals surface area contributed by atoms with Crippen LogP contribution in [0.2, 0.25) is 5.02 Å². The number of rotatable bonds is 3. The summed E-state index contributed by atoms with van der Waals surface area (Å²) in [6.45, 7) is 0. The van der Waals surface area contributed by atoms with Crippen molar-refractivity contribution in [2.75, 3.05) is 4.72 Å². The van der Waals surface area contributed by atoms with Crippen LogP contribution in [-0.4, -0.2) is 8.42 Å². The highest BCUT2D eigenvalue weighted by atomic mass is 127. The second-order valence-corrected chi connectivity index (χ2v) is 7.62. The van der Waals surface area contributed by atoms with Gasteiger partial charge < -0.3 is 0 Å². The Balaban J connectivity index is 2.33. The summed E-state index contributed by atoms with van der Waals surface area (Å²) in [4.78, 5) is 0. The van der Waals surface area contributed by atoms with Gasteiger partial charge in [-0.3, -0.25) is 4.72 Å². The molecule has 3 nitrogen and oxygen atoms in total. The number of benzene rings is 1. The zero-order valence-electron chi connectivity index (χ0n) is 8.35. The number of halogens is 2. The van der Waals surface area contributed by atoms with Gasteiger partial charge in [-0.25, -0.2) is 8.42 Å². The average Bonchev–Trinajstić information content (AvgIpc) is 2.76. The molecule has 2 rings (SSSR count). The average molecular weight is 400 g/mol. The molecule has 1 N–H and O–H groups in total. The van der Waals surface area contributed by atoms with Crippen molar-refractivity contribution in [3.05, 3.63) is 44.3 Å². The van der Waals surface area contributed by atoms with Crippen molar-refractivity contribution in [3.8, 4) is 0 Å². The molecule has 7 heteroatoms. The molecule has 0 atom stereocenters. The Kier molecular flexibility index (Phi) is 3.96. The molecule has 0 aliphatic carbocycles. The highest BCUT2D eigenvalue weighted by Gasteiger charge is 2.16. The first kappa shape index (κ1) is 13.1. The Labute approximate surface area is 122 Å². The van der Waals surface area contributed by atoms with Crippen LogP contribution in [-0.2, 0) is 10.0 Å². The Bertz CT molecular complexity index is 626. The number of sulfonamides is 1. The van der Waals surface area contributed by atoms with Crippen molar-refractivity contribution in [1.82, 2.24) is 0 Å². The van der Waals surface area contributed by atoms with Crippen LogP contribution in [0.3, 0.4) is 0 Å². The molecule has 0 saturated carbocycles. The van der Waals surface area contributed by atoms with Crippen molar-refractivity contribution in [2.24, 2.45) is 0 Å². The third-order valence-electron chi connectivity index (χ3n) is 1.94. The lowest BCUT2D eigenvalue weighted by molar-refractivity contribution is 0.603. The minimum atomic E-state index is -3.48. The third-order valence-corrected chi connectivity index (χ3v) is 5.83. The van der Waals surface area contributed by atoms with E-state index in [-0.39, 0.29) is 0 Å². The summed E-state index contributed by atoms with van der Waals surface area (Å²) in [5.41, 5.74) is 0.531. The minimum Gasteiger partial charge on any atom is -0.278 e. The fourth-order valence-electron chi connectivity index (χ4n) is 1.18. The van der Waals surface area contributed by atoms with Crippen LogP contribution in [0.25, 0.3) is 0 Å². The van der Waals surface area contributed by atoms with Gasteiger partial charge in [-0.05, 0) is 52.2 Å². The number of anilines is 1. The van der Waals surface area contributed by atoms with E-state index >= 15 is 0 Å². The fraction of sp³-hybridized carbons (Fsp3) is 0. The highest BCUT2D eigenvalue weighted by Crippen LogP contribution is 2.26. The number of hydrogen-bond acceptors (Lipinski definition) is 3. The summed E-state index contributed by atoms with van der Waals surface area (Å²) in [5, 5.41) is 2.30. The Morgan fingerprint density at radius 1 is 1.29 bits per heavy atom. The summed E-state index contributed by atoms with van der Waals surface area (Å²) in [7, 11) is -3.48. The normalized spacial score (nSPS) is 11.4. The molecule has 2 aromatic rings. The molecule has 0 amide bonds. The molecular weight excluding hydrogens is 393 g/mol. The maximum Gasteiger partial charge on any atom is 0.271 e. The third kappa shape index (κ3) is 3.12. The Morgan fingerprint density at radius 2 is 2.06 bits per heavy atom. The van der Waals surface area contributed by atoms with Crippen LogP contribution in [0.1, 0.15) is 0 Å². The molecule has 17 heavy (non-hydrogen) atoms. The maximum atomic E-state index is 12.0. The van der Waals surface area contributed by atoms with E-state index in [9.17, 15) is 8.42 Å². The van der Waals surface area contributed by atoms with Crippen LogP contribution in [0, 0.1) is 3.57 Å². The molecule has 0 saturated heterocycles. The van der Waals surface area contributed by atoms with Gasteiger partial charge in [-0.1, -0.05) is 17.7 Å². The van der Waals surface area contributed by atoms with E-state index < -0.39 is 10.0 Å². The van der Waals surface area contributed by atoms with Gasteiger partial charge in [0.25, 0.3) is 10.0 Å². The van der Waals surface area contributed by atoms with E-state index in [0.29, 0.717) is 14.9 Å². The van der Waals surface area contributed by atoms with Crippen LogP contribution >= 0.6 is 45.5 Å². The van der Waals surface area contributed by atoms with Crippen LogP contribution in [0.5, 0.6) is 0 Å². The Hall–Kier alpha value is -0.310. The molecule has 0 spiro atoms. The van der Waals surface area contributed by atoms with E-state index in [1.807, 2.05) is 22.6 Å². The number of nitrogens with one attached hydrogen (secondary N) is 1. The lowest BCUT2D eigenvalue weighted by atomic mass is 10.3. The van der Waals surface area contributed by atoms with Gasteiger partial charge in [0.05, 0.1) is 5.69 Å². The van der Waals surface area contributed by atoms with Crippen molar-refractivity contribution in [2.45, 2.75) is 4.21 Å². The summed E-state index contributed by atoms with van der Waals surface area (Å²) < 4.78 is 27.5. The van der Waals surface area contributed by atoms with Crippen LogP contribution in [0.4, 0.5) is 5.69 Å². The molecule has 0 fully saturated rings. The largest absolute Gasteiger partial charge is 0.278 e. The van der Waals surface area contributed by atoms with Gasteiger partial charge in [-0.2, -0.15) is 0 Å². The van der Waals surface area contributed by atoms with Crippen molar-refractivity contribution >= 4 is 61.2 Å². The molecule has 0 aliphatic heterocycles. The van der Waals surface area contributed by atoms with E-state index in [2.05, 4.69) is 4.72 Å². The lowest BCUT2D eigenvalue weighted by Crippen LogP contribution is -2.12. The molecule has 0 aliphatic rings. The predicted octanol–water partition coefficient (Wildman–Crippen LogP) is 3.81. The van der Waals surface area contributed by atoms with Gasteiger partial charge in [0, 0.05) is 8.59 Å². The second kappa shape index (κ2) is 5.13. The van der Waals surface area contributed by atoms with Gasteiger partial charge in [0.1, 0.15) is 4.21 Å². The van der Waals surface area contributed by atoms with E-state index in [1.54, 1.807) is 35.7 Å². The van der Waals surface area contributed by atoms with E-state index in [1.165, 1.54) is 11.3 Å². The summed E-state index contributed by atoms with van der Waals surface area (Å²) in [5.74, 6) is 0. The minimum absolute atomic E-state index is 0.295.